The third-order valence-corrected chi connectivity index (χ3v) is 2.90. The number of anilines is 2. The molecule has 0 aromatic heterocycles. The lowest BCUT2D eigenvalue weighted by atomic mass is 10.1. The number of hydrogen-bond acceptors (Lipinski definition) is 5. The van der Waals surface area contributed by atoms with Gasteiger partial charge in [0.2, 0.25) is 5.91 Å². The fourth-order valence-electron chi connectivity index (χ4n) is 1.95. The Kier molecular flexibility index (Phi) is 3.55. The summed E-state index contributed by atoms with van der Waals surface area (Å²) >= 11 is 0. The Balaban J connectivity index is 2.39. The van der Waals surface area contributed by atoms with Crippen molar-refractivity contribution in [2.24, 2.45) is 0 Å². The number of carbonyl (C=O) groups is 2. The lowest BCUT2D eigenvalue weighted by Crippen LogP contribution is -2.48. The smallest absolute Gasteiger partial charge is 0.340 e. The molecule has 1 heterocycles. The Morgan fingerprint density at radius 2 is 2.26 bits per heavy atom. The molecular formula is C12H14FN3O3. The molecule has 102 valence electrons. The van der Waals surface area contributed by atoms with Crippen LogP contribution in [0.3, 0.4) is 0 Å². The second-order valence-corrected chi connectivity index (χ2v) is 4.15. The number of nitrogen functional groups attached to an aromatic ring is 1. The second-order valence-electron chi connectivity index (χ2n) is 4.15. The van der Waals surface area contributed by atoms with E-state index in [1.807, 2.05) is 0 Å². The van der Waals surface area contributed by atoms with Crippen molar-refractivity contribution in [1.82, 2.24) is 5.32 Å². The number of esters is 1. The van der Waals surface area contributed by atoms with Crippen LogP contribution in [0.15, 0.2) is 12.1 Å². The first kappa shape index (κ1) is 13.1. The van der Waals surface area contributed by atoms with Crippen LogP contribution in [0.25, 0.3) is 0 Å². The Morgan fingerprint density at radius 1 is 1.53 bits per heavy atom. The molecule has 1 amide bonds. The highest BCUT2D eigenvalue weighted by Gasteiger charge is 2.22. The average molecular weight is 267 g/mol. The van der Waals surface area contributed by atoms with Crippen LogP contribution >= 0.6 is 0 Å². The molecule has 1 aliphatic heterocycles. The van der Waals surface area contributed by atoms with Crippen molar-refractivity contribution in [3.63, 3.8) is 0 Å². The molecule has 0 atom stereocenters. The number of ether oxygens (including phenoxy) is 1. The van der Waals surface area contributed by atoms with Crippen molar-refractivity contribution in [2.45, 2.75) is 0 Å². The lowest BCUT2D eigenvalue weighted by molar-refractivity contribution is -0.120. The summed E-state index contributed by atoms with van der Waals surface area (Å²) in [5.41, 5.74) is 5.85. The molecule has 0 spiro atoms. The van der Waals surface area contributed by atoms with Crippen LogP contribution in [0.2, 0.25) is 0 Å². The molecule has 0 unspecified atom stereocenters. The summed E-state index contributed by atoms with van der Waals surface area (Å²) in [5.74, 6) is -1.40. The Bertz CT molecular complexity index is 533. The van der Waals surface area contributed by atoms with Crippen molar-refractivity contribution in [3.8, 4) is 0 Å². The van der Waals surface area contributed by atoms with Gasteiger partial charge in [-0.05, 0) is 12.1 Å². The van der Waals surface area contributed by atoms with Gasteiger partial charge in [-0.2, -0.15) is 0 Å². The van der Waals surface area contributed by atoms with E-state index in [0.717, 1.165) is 6.07 Å². The maximum atomic E-state index is 13.9. The molecule has 7 heteroatoms. The van der Waals surface area contributed by atoms with Gasteiger partial charge in [-0.15, -0.1) is 0 Å². The van der Waals surface area contributed by atoms with E-state index in [0.29, 0.717) is 13.1 Å². The highest BCUT2D eigenvalue weighted by atomic mass is 19.1. The van der Waals surface area contributed by atoms with Crippen molar-refractivity contribution in [1.29, 1.82) is 0 Å². The highest BCUT2D eigenvalue weighted by Crippen LogP contribution is 2.26. The summed E-state index contributed by atoms with van der Waals surface area (Å²) in [4.78, 5) is 24.4. The molecule has 19 heavy (non-hydrogen) atoms. The molecule has 1 aromatic rings. The van der Waals surface area contributed by atoms with Crippen LogP contribution < -0.4 is 16.0 Å². The topological polar surface area (TPSA) is 84.7 Å². The van der Waals surface area contributed by atoms with E-state index in [1.54, 1.807) is 4.90 Å². The molecule has 0 aliphatic carbocycles. The predicted molar refractivity (Wildman–Crippen MR) is 67.4 cm³/mol. The van der Waals surface area contributed by atoms with E-state index < -0.39 is 11.8 Å². The van der Waals surface area contributed by atoms with Crippen molar-refractivity contribution >= 4 is 23.3 Å². The fraction of sp³-hybridized carbons (Fsp3) is 0.333. The number of methoxy groups -OCH3 is 1. The molecule has 6 nitrogen and oxygen atoms in total. The maximum absolute atomic E-state index is 13.9. The molecule has 1 aromatic carbocycles. The third kappa shape index (κ3) is 2.59. The van der Waals surface area contributed by atoms with Crippen LogP contribution in [0.1, 0.15) is 10.4 Å². The molecule has 0 bridgehead atoms. The zero-order chi connectivity index (χ0) is 14.0. The van der Waals surface area contributed by atoms with E-state index in [2.05, 4.69) is 10.1 Å². The molecule has 1 saturated heterocycles. The van der Waals surface area contributed by atoms with Gasteiger partial charge >= 0.3 is 5.97 Å². The number of amides is 1. The van der Waals surface area contributed by atoms with Crippen molar-refractivity contribution in [3.05, 3.63) is 23.5 Å². The third-order valence-electron chi connectivity index (χ3n) is 2.90. The largest absolute Gasteiger partial charge is 0.465 e. The van der Waals surface area contributed by atoms with Crippen LogP contribution in [0.4, 0.5) is 15.8 Å². The van der Waals surface area contributed by atoms with Crippen LogP contribution in [0, 0.1) is 5.82 Å². The minimum Gasteiger partial charge on any atom is -0.465 e. The van der Waals surface area contributed by atoms with Gasteiger partial charge in [-0.1, -0.05) is 0 Å². The van der Waals surface area contributed by atoms with Crippen molar-refractivity contribution in [2.75, 3.05) is 37.4 Å². The fourth-order valence-corrected chi connectivity index (χ4v) is 1.95. The minimum absolute atomic E-state index is 0.00885. The number of rotatable bonds is 2. The van der Waals surface area contributed by atoms with Gasteiger partial charge < -0.3 is 20.7 Å². The van der Waals surface area contributed by atoms with E-state index in [4.69, 9.17) is 5.73 Å². The summed E-state index contributed by atoms with van der Waals surface area (Å²) < 4.78 is 18.5. The van der Waals surface area contributed by atoms with E-state index in [1.165, 1.54) is 13.2 Å². The molecule has 0 saturated carbocycles. The van der Waals surface area contributed by atoms with Gasteiger partial charge in [0.15, 0.2) is 0 Å². The first-order chi connectivity index (χ1) is 9.02. The van der Waals surface area contributed by atoms with E-state index in [9.17, 15) is 14.0 Å². The molecule has 1 fully saturated rings. The SMILES string of the molecule is COC(=O)c1cc(N2CCNC(=O)C2)c(F)cc1N. The molecular weight excluding hydrogens is 253 g/mol. The minimum atomic E-state index is -0.639. The van der Waals surface area contributed by atoms with Gasteiger partial charge in [0.1, 0.15) is 5.82 Å². The van der Waals surface area contributed by atoms with Gasteiger partial charge in [0.25, 0.3) is 0 Å². The van der Waals surface area contributed by atoms with Gasteiger partial charge in [0.05, 0.1) is 24.9 Å². The summed E-state index contributed by atoms with van der Waals surface area (Å²) in [7, 11) is 1.22. The standard InChI is InChI=1S/C12H14FN3O3/c1-19-12(18)7-4-10(8(13)5-9(7)14)16-3-2-15-11(17)6-16/h4-5H,2-3,6,14H2,1H3,(H,15,17). The van der Waals surface area contributed by atoms with E-state index >= 15 is 0 Å². The highest BCUT2D eigenvalue weighted by molar-refractivity contribution is 5.96. The number of nitrogens with zero attached hydrogens (tertiary/aromatic N) is 1. The van der Waals surface area contributed by atoms with Crippen molar-refractivity contribution < 1.29 is 18.7 Å². The molecule has 0 radical (unpaired) electrons. The number of piperazine rings is 1. The molecule has 2 rings (SSSR count). The van der Waals surface area contributed by atoms with Crippen LogP contribution in [-0.4, -0.2) is 38.6 Å². The number of hydrogen-bond donors (Lipinski definition) is 2. The average Bonchev–Trinajstić information content (AvgIpc) is 2.38. The summed E-state index contributed by atoms with van der Waals surface area (Å²) in [6, 6.07) is 2.38. The number of carbonyl (C=O) groups excluding carboxylic acids is 2. The van der Waals surface area contributed by atoms with Crippen LogP contribution in [-0.2, 0) is 9.53 Å². The van der Waals surface area contributed by atoms with Gasteiger partial charge in [0, 0.05) is 18.8 Å². The maximum Gasteiger partial charge on any atom is 0.340 e. The number of benzene rings is 1. The second kappa shape index (κ2) is 5.13. The monoisotopic (exact) mass is 267 g/mol. The van der Waals surface area contributed by atoms with Gasteiger partial charge in [-0.25, -0.2) is 9.18 Å². The first-order valence-electron chi connectivity index (χ1n) is 5.72. The number of nitrogens with one attached hydrogen (secondary N) is 1. The normalized spacial score (nSPS) is 15.1. The van der Waals surface area contributed by atoms with Gasteiger partial charge in [-0.3, -0.25) is 4.79 Å². The Morgan fingerprint density at radius 3 is 2.89 bits per heavy atom. The Labute approximate surface area is 109 Å². The quantitative estimate of drug-likeness (QED) is 0.587. The summed E-state index contributed by atoms with van der Waals surface area (Å²) in [6.45, 7) is 0.935. The zero-order valence-corrected chi connectivity index (χ0v) is 10.4. The number of halogens is 1. The first-order valence-corrected chi connectivity index (χ1v) is 5.72. The summed E-state index contributed by atoms with van der Waals surface area (Å²) in [6.07, 6.45) is 0. The Hall–Kier alpha value is -2.31. The zero-order valence-electron chi connectivity index (χ0n) is 10.4. The van der Waals surface area contributed by atoms with Crippen LogP contribution in [0.5, 0.6) is 0 Å². The predicted octanol–water partition coefficient (Wildman–Crippen LogP) is 0.131. The number of nitrogens with two attached hydrogens (primary N) is 1. The molecule has 1 aliphatic rings. The van der Waals surface area contributed by atoms with E-state index in [-0.39, 0.29) is 29.4 Å². The summed E-state index contributed by atoms with van der Waals surface area (Å²) in [5, 5.41) is 2.64. The molecule has 3 N–H and O–H groups in total. The lowest BCUT2D eigenvalue weighted by Gasteiger charge is -2.29.